The Morgan fingerprint density at radius 1 is 1.30 bits per heavy atom. The van der Waals surface area contributed by atoms with Crippen LogP contribution in [0.3, 0.4) is 0 Å². The molecule has 0 saturated carbocycles. The van der Waals surface area contributed by atoms with Gasteiger partial charge in [-0.15, -0.1) is 0 Å². The van der Waals surface area contributed by atoms with Crippen molar-refractivity contribution in [3.63, 3.8) is 0 Å². The third kappa shape index (κ3) is 3.15. The molecule has 0 saturated heterocycles. The molecule has 2 aromatic carbocycles. The minimum Gasteiger partial charge on any atom is -0.508 e. The third-order valence-corrected chi connectivity index (χ3v) is 3.72. The number of aromatic nitrogens is 2. The highest BCUT2D eigenvalue weighted by atomic mass is 79.9. The molecule has 0 radical (unpaired) electrons. The first-order valence-electron chi connectivity index (χ1n) is 6.67. The lowest BCUT2D eigenvalue weighted by Gasteiger charge is -2.03. The maximum Gasteiger partial charge on any atom is 0.259 e. The summed E-state index contributed by atoms with van der Waals surface area (Å²) < 4.78 is 0.779. The van der Waals surface area contributed by atoms with E-state index in [1.165, 1.54) is 12.1 Å². The molecule has 0 aliphatic carbocycles. The number of hydrogen-bond acceptors (Lipinski definition) is 4. The Balaban J connectivity index is 2.16. The summed E-state index contributed by atoms with van der Waals surface area (Å²) in [7, 11) is 0. The summed E-state index contributed by atoms with van der Waals surface area (Å²) in [5, 5.41) is 19.3. The predicted octanol–water partition coefficient (Wildman–Crippen LogP) is 3.46. The fourth-order valence-corrected chi connectivity index (χ4v) is 2.53. The molecule has 3 aromatic rings. The molecule has 2 N–H and O–H groups in total. The van der Waals surface area contributed by atoms with Crippen LogP contribution in [0.2, 0.25) is 0 Å². The van der Waals surface area contributed by atoms with Crippen molar-refractivity contribution in [3.05, 3.63) is 68.7 Å². The molecular formula is C17H10BrN3O2. The monoisotopic (exact) mass is 367 g/mol. The van der Waals surface area contributed by atoms with Gasteiger partial charge in [0.15, 0.2) is 5.82 Å². The number of rotatable bonds is 2. The van der Waals surface area contributed by atoms with Gasteiger partial charge in [-0.2, -0.15) is 5.26 Å². The average molecular weight is 368 g/mol. The quantitative estimate of drug-likeness (QED) is 0.678. The van der Waals surface area contributed by atoms with Gasteiger partial charge >= 0.3 is 0 Å². The Morgan fingerprint density at radius 2 is 2.13 bits per heavy atom. The fraction of sp³-hybridized carbons (Fsp3) is 0. The van der Waals surface area contributed by atoms with E-state index in [2.05, 4.69) is 25.9 Å². The molecular weight excluding hydrogens is 358 g/mol. The van der Waals surface area contributed by atoms with Crippen LogP contribution in [0.4, 0.5) is 0 Å². The van der Waals surface area contributed by atoms with Crippen LogP contribution in [0, 0.1) is 11.3 Å². The zero-order chi connectivity index (χ0) is 16.4. The Labute approximate surface area is 139 Å². The molecule has 1 heterocycles. The van der Waals surface area contributed by atoms with Gasteiger partial charge in [-0.05, 0) is 42.0 Å². The minimum atomic E-state index is -0.316. The van der Waals surface area contributed by atoms with Gasteiger partial charge in [0.2, 0.25) is 0 Å². The van der Waals surface area contributed by atoms with Crippen molar-refractivity contribution < 1.29 is 5.11 Å². The number of aromatic hydroxyl groups is 1. The molecule has 5 nitrogen and oxygen atoms in total. The van der Waals surface area contributed by atoms with Crippen molar-refractivity contribution in [2.45, 2.75) is 0 Å². The highest BCUT2D eigenvalue weighted by Crippen LogP contribution is 2.20. The maximum absolute atomic E-state index is 12.2. The standard InChI is InChI=1S/C17H10BrN3O2/c18-12-4-5-15-14(8-12)17(23)21-16(20-15)11(9-19)6-10-2-1-3-13(22)7-10/h1-8,22H,(H,20,21,23)/b11-6-. The van der Waals surface area contributed by atoms with Gasteiger partial charge in [0.25, 0.3) is 5.56 Å². The summed E-state index contributed by atoms with van der Waals surface area (Å²) in [6.07, 6.45) is 1.56. The number of nitrogens with zero attached hydrogens (tertiary/aromatic N) is 2. The highest BCUT2D eigenvalue weighted by Gasteiger charge is 2.09. The predicted molar refractivity (Wildman–Crippen MR) is 91.7 cm³/mol. The van der Waals surface area contributed by atoms with Crippen molar-refractivity contribution in [1.82, 2.24) is 9.97 Å². The Hall–Kier alpha value is -2.91. The van der Waals surface area contributed by atoms with Gasteiger partial charge in [-0.25, -0.2) is 4.98 Å². The number of halogens is 1. The van der Waals surface area contributed by atoms with E-state index in [1.807, 2.05) is 6.07 Å². The summed E-state index contributed by atoms with van der Waals surface area (Å²) in [4.78, 5) is 19.1. The van der Waals surface area contributed by atoms with Gasteiger partial charge in [-0.1, -0.05) is 28.1 Å². The van der Waals surface area contributed by atoms with Crippen molar-refractivity contribution >= 4 is 38.5 Å². The minimum absolute atomic E-state index is 0.0980. The number of nitrogens with one attached hydrogen (secondary N) is 1. The molecule has 6 heteroatoms. The fourth-order valence-electron chi connectivity index (χ4n) is 2.17. The Bertz CT molecular complexity index is 1030. The first-order valence-corrected chi connectivity index (χ1v) is 7.47. The number of hydrogen-bond donors (Lipinski definition) is 2. The van der Waals surface area contributed by atoms with Crippen LogP contribution in [-0.2, 0) is 0 Å². The second kappa shape index (κ2) is 6.07. The molecule has 0 aliphatic heterocycles. The van der Waals surface area contributed by atoms with Crippen LogP contribution < -0.4 is 5.56 Å². The van der Waals surface area contributed by atoms with Crippen molar-refractivity contribution in [3.8, 4) is 11.8 Å². The molecule has 0 atom stereocenters. The van der Waals surface area contributed by atoms with Crippen LogP contribution in [0.25, 0.3) is 22.6 Å². The van der Waals surface area contributed by atoms with Gasteiger partial charge in [0, 0.05) is 4.47 Å². The molecule has 0 aliphatic rings. The van der Waals surface area contributed by atoms with E-state index in [0.29, 0.717) is 16.5 Å². The lowest BCUT2D eigenvalue weighted by Crippen LogP contribution is -2.11. The molecule has 1 aromatic heterocycles. The van der Waals surface area contributed by atoms with Gasteiger partial charge < -0.3 is 10.1 Å². The summed E-state index contributed by atoms with van der Waals surface area (Å²) >= 11 is 3.31. The summed E-state index contributed by atoms with van der Waals surface area (Å²) in [5.41, 5.74) is 1.03. The van der Waals surface area contributed by atoms with E-state index in [0.717, 1.165) is 4.47 Å². The van der Waals surface area contributed by atoms with E-state index < -0.39 is 0 Å². The number of allylic oxidation sites excluding steroid dienone is 1. The smallest absolute Gasteiger partial charge is 0.259 e. The highest BCUT2D eigenvalue weighted by molar-refractivity contribution is 9.10. The van der Waals surface area contributed by atoms with Gasteiger partial charge in [0.1, 0.15) is 11.8 Å². The molecule has 0 unspecified atom stereocenters. The van der Waals surface area contributed by atoms with E-state index in [9.17, 15) is 15.2 Å². The first kappa shape index (κ1) is 15.0. The molecule has 0 bridgehead atoms. The number of phenols is 1. The maximum atomic E-state index is 12.2. The van der Waals surface area contributed by atoms with Crippen LogP contribution in [0.1, 0.15) is 11.4 Å². The van der Waals surface area contributed by atoms with Crippen molar-refractivity contribution in [2.24, 2.45) is 0 Å². The number of nitriles is 1. The number of aromatic amines is 1. The summed E-state index contributed by atoms with van der Waals surface area (Å²) in [5.74, 6) is 0.288. The number of phenolic OH excluding ortho intramolecular Hbond substituents is 1. The molecule has 112 valence electrons. The SMILES string of the molecule is N#C/C(=C/c1cccc(O)c1)c1nc2ccc(Br)cc2c(=O)[nH]1. The number of benzene rings is 2. The average Bonchev–Trinajstić information content (AvgIpc) is 2.53. The number of H-pyrrole nitrogens is 1. The van der Waals surface area contributed by atoms with Crippen molar-refractivity contribution in [1.29, 1.82) is 5.26 Å². The normalized spacial score (nSPS) is 11.4. The first-order chi connectivity index (χ1) is 11.1. The molecule has 23 heavy (non-hydrogen) atoms. The van der Waals surface area contributed by atoms with Gasteiger partial charge in [0.05, 0.1) is 16.5 Å². The van der Waals surface area contributed by atoms with E-state index in [4.69, 9.17) is 0 Å². The van der Waals surface area contributed by atoms with Crippen molar-refractivity contribution in [2.75, 3.05) is 0 Å². The summed E-state index contributed by atoms with van der Waals surface area (Å²) in [6, 6.07) is 13.7. The largest absolute Gasteiger partial charge is 0.508 e. The number of fused-ring (bicyclic) bond motifs is 1. The second-order valence-electron chi connectivity index (χ2n) is 4.84. The van der Waals surface area contributed by atoms with E-state index in [1.54, 1.807) is 36.4 Å². The summed E-state index contributed by atoms with van der Waals surface area (Å²) in [6.45, 7) is 0. The van der Waals surface area contributed by atoms with Crippen LogP contribution >= 0.6 is 15.9 Å². The van der Waals surface area contributed by atoms with E-state index in [-0.39, 0.29) is 22.7 Å². The molecule has 0 spiro atoms. The zero-order valence-electron chi connectivity index (χ0n) is 11.7. The van der Waals surface area contributed by atoms with E-state index >= 15 is 0 Å². The Kier molecular flexibility index (Phi) is 3.96. The van der Waals surface area contributed by atoms with Gasteiger partial charge in [-0.3, -0.25) is 4.79 Å². The zero-order valence-corrected chi connectivity index (χ0v) is 13.3. The molecule has 0 fully saturated rings. The molecule has 3 rings (SSSR count). The lowest BCUT2D eigenvalue weighted by atomic mass is 10.1. The molecule has 0 amide bonds. The second-order valence-corrected chi connectivity index (χ2v) is 5.76. The third-order valence-electron chi connectivity index (χ3n) is 3.22. The lowest BCUT2D eigenvalue weighted by molar-refractivity contribution is 0.475. The van der Waals surface area contributed by atoms with Crippen LogP contribution in [-0.4, -0.2) is 15.1 Å². The Morgan fingerprint density at radius 3 is 2.87 bits per heavy atom. The topological polar surface area (TPSA) is 89.8 Å². The van der Waals surface area contributed by atoms with Crippen LogP contribution in [0.15, 0.2) is 51.7 Å². The van der Waals surface area contributed by atoms with Crippen LogP contribution in [0.5, 0.6) is 5.75 Å².